The summed E-state index contributed by atoms with van der Waals surface area (Å²) < 4.78 is 0. The molecule has 10 heavy (non-hydrogen) atoms. The molecule has 0 rings (SSSR count). The summed E-state index contributed by atoms with van der Waals surface area (Å²) in [6.45, 7) is 2.29. The standard InChI is InChI=1S/C8H19Si.Zn/c1-3-5-6-7-8-9-4-2;/h2-9H2,1H3;. The van der Waals surface area contributed by atoms with E-state index in [4.69, 9.17) is 0 Å². The van der Waals surface area contributed by atoms with Crippen LogP contribution in [-0.4, -0.2) is 9.52 Å². The molecular formula is C8H19SiZn. The fraction of sp³-hybridized carbons (Fsp3) is 1.00. The first-order chi connectivity index (χ1) is 4.91. The van der Waals surface area contributed by atoms with Crippen LogP contribution >= 0.6 is 0 Å². The molecule has 0 aliphatic heterocycles. The van der Waals surface area contributed by atoms with Crippen molar-refractivity contribution < 1.29 is 18.3 Å². The van der Waals surface area contributed by atoms with Crippen molar-refractivity contribution in [2.45, 2.75) is 49.7 Å². The molecule has 2 heteroatoms. The Morgan fingerprint density at radius 2 is 1.90 bits per heavy atom. The van der Waals surface area contributed by atoms with Gasteiger partial charge in [-0.05, 0) is 0 Å². The van der Waals surface area contributed by atoms with Crippen LogP contribution in [0, 0.1) is 0 Å². The zero-order valence-corrected chi connectivity index (χ0v) is 11.7. The molecule has 0 radical (unpaired) electrons. The van der Waals surface area contributed by atoms with Gasteiger partial charge in [0.05, 0.1) is 0 Å². The fourth-order valence-electron chi connectivity index (χ4n) is 1.13. The van der Waals surface area contributed by atoms with Gasteiger partial charge in [-0.1, -0.05) is 0 Å². The molecule has 0 spiro atoms. The van der Waals surface area contributed by atoms with Gasteiger partial charge in [0.2, 0.25) is 0 Å². The Morgan fingerprint density at radius 3 is 2.50 bits per heavy atom. The monoisotopic (exact) mass is 207 g/mol. The summed E-state index contributed by atoms with van der Waals surface area (Å²) in [6, 6.07) is 3.26. The fourth-order valence-corrected chi connectivity index (χ4v) is 4.77. The summed E-state index contributed by atoms with van der Waals surface area (Å²) in [6.07, 6.45) is 5.90. The third-order valence-electron chi connectivity index (χ3n) is 1.85. The van der Waals surface area contributed by atoms with Crippen LogP contribution in [0.5, 0.6) is 0 Å². The summed E-state index contributed by atoms with van der Waals surface area (Å²) in [7, 11) is 0.415. The van der Waals surface area contributed by atoms with Crippen LogP contribution in [0.4, 0.5) is 0 Å². The van der Waals surface area contributed by atoms with E-state index in [1.165, 1.54) is 37.6 Å². The van der Waals surface area contributed by atoms with Crippen molar-refractivity contribution in [1.29, 1.82) is 0 Å². The molecule has 0 saturated carbocycles. The van der Waals surface area contributed by atoms with E-state index in [1.54, 1.807) is 23.5 Å². The van der Waals surface area contributed by atoms with Gasteiger partial charge in [0, 0.05) is 0 Å². The van der Waals surface area contributed by atoms with Crippen molar-refractivity contribution in [3.05, 3.63) is 0 Å². The van der Waals surface area contributed by atoms with Gasteiger partial charge in [0.15, 0.2) is 0 Å². The summed E-state index contributed by atoms with van der Waals surface area (Å²) in [4.78, 5) is 0. The van der Waals surface area contributed by atoms with E-state index >= 15 is 0 Å². The van der Waals surface area contributed by atoms with Crippen LogP contribution in [0.25, 0.3) is 0 Å². The topological polar surface area (TPSA) is 0 Å². The molecule has 0 aliphatic carbocycles. The molecule has 0 aromatic rings. The molecule has 0 unspecified atom stereocenters. The van der Waals surface area contributed by atoms with Gasteiger partial charge in [-0.15, -0.1) is 0 Å². The van der Waals surface area contributed by atoms with E-state index in [9.17, 15) is 0 Å². The molecule has 0 aromatic carbocycles. The van der Waals surface area contributed by atoms with Gasteiger partial charge in [0.25, 0.3) is 0 Å². The average molecular weight is 209 g/mol. The summed E-state index contributed by atoms with van der Waals surface area (Å²) in [5.74, 6) is 0. The number of hydrogen-bond donors (Lipinski definition) is 0. The molecule has 57 valence electrons. The molecule has 0 atom stereocenters. The van der Waals surface area contributed by atoms with Crippen molar-refractivity contribution in [3.8, 4) is 0 Å². The van der Waals surface area contributed by atoms with Gasteiger partial charge in [-0.25, -0.2) is 0 Å². The van der Waals surface area contributed by atoms with Gasteiger partial charge < -0.3 is 0 Å². The molecule has 0 N–H and O–H groups in total. The molecule has 0 amide bonds. The Bertz CT molecular complexity index is 49.2. The number of hydrogen-bond acceptors (Lipinski definition) is 0. The van der Waals surface area contributed by atoms with E-state index in [0.29, 0.717) is 9.52 Å². The van der Waals surface area contributed by atoms with Gasteiger partial charge >= 0.3 is 77.5 Å². The van der Waals surface area contributed by atoms with E-state index in [2.05, 4.69) is 6.92 Å². The van der Waals surface area contributed by atoms with Crippen LogP contribution < -0.4 is 0 Å². The van der Waals surface area contributed by atoms with Gasteiger partial charge in [0.1, 0.15) is 0 Å². The molecule has 0 nitrogen and oxygen atoms in total. The molecular weight excluding hydrogens is 190 g/mol. The van der Waals surface area contributed by atoms with E-state index in [-0.39, 0.29) is 0 Å². The molecule has 0 heterocycles. The van der Waals surface area contributed by atoms with Crippen LogP contribution in [0.3, 0.4) is 0 Å². The third-order valence-corrected chi connectivity index (χ3v) is 7.00. The Kier molecular flexibility index (Phi) is 10.7. The quantitative estimate of drug-likeness (QED) is 0.446. The van der Waals surface area contributed by atoms with Crippen molar-refractivity contribution in [1.82, 2.24) is 0 Å². The van der Waals surface area contributed by atoms with Crippen molar-refractivity contribution >= 4 is 9.52 Å². The Labute approximate surface area is 77.7 Å². The molecule has 0 fully saturated rings. The second kappa shape index (κ2) is 9.84. The Balaban J connectivity index is 2.65. The third kappa shape index (κ3) is 8.84. The van der Waals surface area contributed by atoms with Crippen LogP contribution in [0.15, 0.2) is 0 Å². The summed E-state index contributed by atoms with van der Waals surface area (Å²) in [5, 5.41) is 1.56. The minimum absolute atomic E-state index is 0.415. The predicted molar refractivity (Wildman–Crippen MR) is 47.1 cm³/mol. The first kappa shape index (κ1) is 10.8. The zero-order valence-electron chi connectivity index (χ0n) is 7.36. The minimum atomic E-state index is 0.415. The first-order valence-corrected chi connectivity index (χ1v) is 8.81. The van der Waals surface area contributed by atoms with Gasteiger partial charge in [-0.3, -0.25) is 0 Å². The maximum absolute atomic E-state index is 2.29. The van der Waals surface area contributed by atoms with Crippen LogP contribution in [-0.2, 0) is 18.3 Å². The van der Waals surface area contributed by atoms with E-state index in [0.717, 1.165) is 0 Å². The Morgan fingerprint density at radius 1 is 1.10 bits per heavy atom. The molecule has 0 aromatic heterocycles. The Hall–Kier alpha value is 0.840. The van der Waals surface area contributed by atoms with Crippen molar-refractivity contribution in [3.63, 3.8) is 0 Å². The maximum atomic E-state index is 2.29. The van der Waals surface area contributed by atoms with Crippen LogP contribution in [0.2, 0.25) is 17.1 Å². The summed E-state index contributed by atoms with van der Waals surface area (Å²) >= 11 is 1.53. The summed E-state index contributed by atoms with van der Waals surface area (Å²) in [5.41, 5.74) is 0. The number of unbranched alkanes of at least 4 members (excludes halogenated alkanes) is 3. The second-order valence-corrected chi connectivity index (χ2v) is 6.58. The predicted octanol–water partition coefficient (Wildman–Crippen LogP) is 2.54. The SMILES string of the molecule is CCCCCC[SiH2]C[CH2][Zn]. The van der Waals surface area contributed by atoms with Crippen LogP contribution in [0.1, 0.15) is 32.6 Å². The average Bonchev–Trinajstić information content (AvgIpc) is 1.97. The first-order valence-electron chi connectivity index (χ1n) is 4.71. The second-order valence-electron chi connectivity index (χ2n) is 2.97. The zero-order chi connectivity index (χ0) is 7.66. The van der Waals surface area contributed by atoms with Gasteiger partial charge in [-0.2, -0.15) is 0 Å². The number of rotatable bonds is 7. The van der Waals surface area contributed by atoms with Crippen molar-refractivity contribution in [2.24, 2.45) is 0 Å². The van der Waals surface area contributed by atoms with E-state index in [1.807, 2.05) is 0 Å². The molecule has 0 aliphatic rings. The van der Waals surface area contributed by atoms with E-state index < -0.39 is 0 Å². The molecule has 0 saturated heterocycles. The van der Waals surface area contributed by atoms with Crippen molar-refractivity contribution in [2.75, 3.05) is 0 Å². The normalized spacial score (nSPS) is 11.5. The molecule has 0 bridgehead atoms.